The number of fused-ring (bicyclic) bond motifs is 1. The smallest absolute Gasteiger partial charge is 0.0261 e. The molecule has 0 radical (unpaired) electrons. The van der Waals surface area contributed by atoms with Gasteiger partial charge in [0.25, 0.3) is 0 Å². The van der Waals surface area contributed by atoms with E-state index in [9.17, 15) is 0 Å². The third-order valence-electron chi connectivity index (χ3n) is 1.67. The molecule has 0 spiro atoms. The molecule has 13 heavy (non-hydrogen) atoms. The van der Waals surface area contributed by atoms with Gasteiger partial charge in [-0.15, -0.1) is 0 Å². The monoisotopic (exact) mass is 210 g/mol. The minimum Gasteiger partial charge on any atom is -0.0683 e. The summed E-state index contributed by atoms with van der Waals surface area (Å²) in [6.07, 6.45) is 0. The molecule has 1 heterocycles. The quantitative estimate of drug-likeness (QED) is 0.563. The highest BCUT2D eigenvalue weighted by Crippen LogP contribution is 2.42. The zero-order chi connectivity index (χ0) is 9.68. The molecular weight excluding hydrogens is 196 g/mol. The first-order valence-electron chi connectivity index (χ1n) is 4.47. The van der Waals surface area contributed by atoms with Gasteiger partial charge in [-0.05, 0) is 29.5 Å². The molecule has 0 aromatic heterocycles. The summed E-state index contributed by atoms with van der Waals surface area (Å²) in [6.45, 7) is 6.16. The van der Waals surface area contributed by atoms with Crippen LogP contribution >= 0.6 is 21.6 Å². The zero-order valence-electron chi connectivity index (χ0n) is 8.20. The first-order valence-corrected chi connectivity index (χ1v) is 6.69. The molecule has 0 nitrogen and oxygen atoms in total. The molecule has 0 amide bonds. The average Bonchev–Trinajstić information content (AvgIpc) is 2.22. The summed E-state index contributed by atoms with van der Waals surface area (Å²) in [7, 11) is 3.63. The van der Waals surface area contributed by atoms with E-state index in [1.165, 1.54) is 16.0 Å². The maximum absolute atomic E-state index is 2.20. The van der Waals surface area contributed by atoms with E-state index >= 15 is 0 Å². The lowest BCUT2D eigenvalue weighted by atomic mass is 10.1. The van der Waals surface area contributed by atoms with Crippen LogP contribution in [-0.4, -0.2) is 0 Å². The Morgan fingerprint density at radius 2 is 1.77 bits per heavy atom. The first-order chi connectivity index (χ1) is 6.38. The molecule has 0 saturated carbocycles. The third kappa shape index (κ3) is 2.55. The van der Waals surface area contributed by atoms with E-state index in [1.54, 1.807) is 10.8 Å². The summed E-state index contributed by atoms with van der Waals surface area (Å²) >= 11 is 0. The molecule has 2 heteroatoms. The van der Waals surface area contributed by atoms with E-state index in [-0.39, 0.29) is 0 Å². The van der Waals surface area contributed by atoms with Crippen LogP contribution in [0.2, 0.25) is 0 Å². The Kier molecular flexibility index (Phi) is 4.46. The second kappa shape index (κ2) is 5.40. The summed E-state index contributed by atoms with van der Waals surface area (Å²) in [5, 5.41) is 2.20. The van der Waals surface area contributed by atoms with Crippen LogP contribution in [0.5, 0.6) is 0 Å². The summed E-state index contributed by atoms with van der Waals surface area (Å²) in [4.78, 5) is 1.39. The Morgan fingerprint density at radius 1 is 1.08 bits per heavy atom. The van der Waals surface area contributed by atoms with Crippen molar-refractivity contribution in [2.75, 3.05) is 0 Å². The van der Waals surface area contributed by atoms with Crippen molar-refractivity contribution in [2.45, 2.75) is 25.7 Å². The maximum atomic E-state index is 2.20. The second-order valence-corrected chi connectivity index (χ2v) is 4.59. The van der Waals surface area contributed by atoms with Gasteiger partial charge in [0, 0.05) is 4.90 Å². The topological polar surface area (TPSA) is 0 Å². The molecule has 1 aromatic carbocycles. The van der Waals surface area contributed by atoms with Gasteiger partial charge in [0.05, 0.1) is 0 Å². The Bertz CT molecular complexity index is 303. The van der Waals surface area contributed by atoms with Gasteiger partial charge in [-0.1, -0.05) is 53.6 Å². The second-order valence-electron chi connectivity index (χ2n) is 2.48. The number of allylic oxidation sites excluding steroid dienone is 1. The summed E-state index contributed by atoms with van der Waals surface area (Å²) in [6, 6.07) is 8.52. The molecule has 1 aromatic rings. The molecular formula is C11H14S2. The van der Waals surface area contributed by atoms with Gasteiger partial charge in [0.1, 0.15) is 0 Å². The fourth-order valence-electron chi connectivity index (χ4n) is 1.08. The molecule has 0 unspecified atom stereocenters. The van der Waals surface area contributed by atoms with E-state index in [0.29, 0.717) is 0 Å². The van der Waals surface area contributed by atoms with Crippen LogP contribution in [0, 0.1) is 0 Å². The lowest BCUT2D eigenvalue weighted by Crippen LogP contribution is -1.84. The normalized spacial score (nSPS) is 13.6. The Balaban J connectivity index is 0.000000396. The van der Waals surface area contributed by atoms with Crippen molar-refractivity contribution in [1.82, 2.24) is 0 Å². The summed E-state index contributed by atoms with van der Waals surface area (Å²) in [5.74, 6) is 0. The lowest BCUT2D eigenvalue weighted by molar-refractivity contribution is 1.39. The van der Waals surface area contributed by atoms with Crippen molar-refractivity contribution in [1.29, 1.82) is 0 Å². The Morgan fingerprint density at radius 3 is 2.46 bits per heavy atom. The van der Waals surface area contributed by atoms with Crippen LogP contribution in [0.3, 0.4) is 0 Å². The van der Waals surface area contributed by atoms with Gasteiger partial charge in [0.2, 0.25) is 0 Å². The molecule has 0 saturated heterocycles. The van der Waals surface area contributed by atoms with E-state index in [1.807, 2.05) is 24.6 Å². The highest BCUT2D eigenvalue weighted by Gasteiger charge is 2.08. The fourth-order valence-corrected chi connectivity index (χ4v) is 3.28. The standard InChI is InChI=1S/C9H8S2.C2H6/c1-7-6-10-11-9-5-3-2-4-8(7)9;1-2/h2-6H,1H3;1-2H3. The first kappa shape index (κ1) is 10.7. The highest BCUT2D eigenvalue weighted by atomic mass is 33.1. The number of rotatable bonds is 0. The molecule has 1 aliphatic rings. The molecule has 0 N–H and O–H groups in total. The van der Waals surface area contributed by atoms with Crippen LogP contribution in [-0.2, 0) is 0 Å². The van der Waals surface area contributed by atoms with Crippen molar-refractivity contribution in [3.63, 3.8) is 0 Å². The van der Waals surface area contributed by atoms with Crippen molar-refractivity contribution in [2.24, 2.45) is 0 Å². The highest BCUT2D eigenvalue weighted by molar-refractivity contribution is 8.78. The molecule has 0 atom stereocenters. The van der Waals surface area contributed by atoms with Crippen molar-refractivity contribution in [3.05, 3.63) is 35.2 Å². The van der Waals surface area contributed by atoms with E-state index in [4.69, 9.17) is 0 Å². The largest absolute Gasteiger partial charge is 0.0683 e. The number of hydrogen-bond acceptors (Lipinski definition) is 2. The molecule has 2 rings (SSSR count). The molecule has 70 valence electrons. The molecule has 0 aliphatic carbocycles. The number of hydrogen-bond donors (Lipinski definition) is 0. The van der Waals surface area contributed by atoms with Gasteiger partial charge in [-0.2, -0.15) is 0 Å². The van der Waals surface area contributed by atoms with Gasteiger partial charge >= 0.3 is 0 Å². The van der Waals surface area contributed by atoms with Crippen LogP contribution in [0.25, 0.3) is 5.57 Å². The van der Waals surface area contributed by atoms with Crippen LogP contribution in [0.4, 0.5) is 0 Å². The minimum atomic E-state index is 1.38. The van der Waals surface area contributed by atoms with Gasteiger partial charge in [-0.3, -0.25) is 0 Å². The number of benzene rings is 1. The van der Waals surface area contributed by atoms with E-state index in [2.05, 4.69) is 36.6 Å². The zero-order valence-corrected chi connectivity index (χ0v) is 9.84. The Labute approximate surface area is 88.2 Å². The molecule has 0 bridgehead atoms. The molecule has 0 fully saturated rings. The van der Waals surface area contributed by atoms with Crippen LogP contribution in [0.1, 0.15) is 26.3 Å². The predicted molar refractivity (Wildman–Crippen MR) is 64.9 cm³/mol. The Hall–Kier alpha value is -0.340. The molecule has 1 aliphatic heterocycles. The third-order valence-corrected chi connectivity index (χ3v) is 3.87. The van der Waals surface area contributed by atoms with Crippen molar-refractivity contribution in [3.8, 4) is 0 Å². The average molecular weight is 210 g/mol. The fraction of sp³-hybridized carbons (Fsp3) is 0.273. The van der Waals surface area contributed by atoms with Crippen molar-refractivity contribution >= 4 is 27.2 Å². The maximum Gasteiger partial charge on any atom is 0.0261 e. The van der Waals surface area contributed by atoms with Gasteiger partial charge in [-0.25, -0.2) is 0 Å². The minimum absolute atomic E-state index is 1.38. The van der Waals surface area contributed by atoms with E-state index < -0.39 is 0 Å². The lowest BCUT2D eigenvalue weighted by Gasteiger charge is -2.12. The summed E-state index contributed by atoms with van der Waals surface area (Å²) in [5.41, 5.74) is 2.76. The van der Waals surface area contributed by atoms with Gasteiger partial charge in [0.15, 0.2) is 0 Å². The van der Waals surface area contributed by atoms with Crippen molar-refractivity contribution < 1.29 is 0 Å². The summed E-state index contributed by atoms with van der Waals surface area (Å²) < 4.78 is 0. The predicted octanol–water partition coefficient (Wildman–Crippen LogP) is 4.83. The van der Waals surface area contributed by atoms with E-state index in [0.717, 1.165) is 0 Å². The van der Waals surface area contributed by atoms with Crippen LogP contribution < -0.4 is 0 Å². The van der Waals surface area contributed by atoms with Gasteiger partial charge < -0.3 is 0 Å². The van der Waals surface area contributed by atoms with Crippen LogP contribution in [0.15, 0.2) is 34.6 Å². The SMILES string of the molecule is CC.CC1=CSSc2ccccc21.